The number of aryl methyl sites for hydroxylation is 1. The third-order valence-electron chi connectivity index (χ3n) is 3.63. The molecule has 0 saturated carbocycles. The van der Waals surface area contributed by atoms with Crippen LogP contribution in [0.25, 0.3) is 0 Å². The highest BCUT2D eigenvalue weighted by atomic mass is 32.2. The van der Waals surface area contributed by atoms with E-state index in [9.17, 15) is 13.2 Å². The highest BCUT2D eigenvalue weighted by Crippen LogP contribution is 2.18. The van der Waals surface area contributed by atoms with Gasteiger partial charge in [0.25, 0.3) is 10.2 Å². The Bertz CT molecular complexity index is 598. The van der Waals surface area contributed by atoms with Crippen molar-refractivity contribution in [2.24, 2.45) is 13.0 Å². The Hall–Kier alpha value is -1.45. The van der Waals surface area contributed by atoms with E-state index in [1.165, 1.54) is 4.31 Å². The van der Waals surface area contributed by atoms with Crippen LogP contribution in [0.5, 0.6) is 0 Å². The monoisotopic (exact) mass is 316 g/mol. The Morgan fingerprint density at radius 1 is 1.57 bits per heavy atom. The minimum atomic E-state index is -3.63. The van der Waals surface area contributed by atoms with Gasteiger partial charge in [0.05, 0.1) is 5.92 Å². The highest BCUT2D eigenvalue weighted by molar-refractivity contribution is 7.87. The zero-order valence-corrected chi connectivity index (χ0v) is 12.7. The second-order valence-electron chi connectivity index (χ2n) is 5.14. The normalized spacial score (nSPS) is 20.5. The zero-order valence-electron chi connectivity index (χ0n) is 11.9. The van der Waals surface area contributed by atoms with Crippen molar-refractivity contribution in [2.75, 3.05) is 19.6 Å². The molecule has 1 atom stereocenters. The summed E-state index contributed by atoms with van der Waals surface area (Å²) in [5, 5.41) is 9.00. The molecule has 9 heteroatoms. The summed E-state index contributed by atoms with van der Waals surface area (Å²) < 4.78 is 29.9. The van der Waals surface area contributed by atoms with Gasteiger partial charge in [0.2, 0.25) is 0 Å². The molecule has 0 amide bonds. The number of carboxylic acid groups (broad SMARTS) is 1. The van der Waals surface area contributed by atoms with Crippen LogP contribution in [-0.2, 0) is 28.5 Å². The fourth-order valence-electron chi connectivity index (χ4n) is 2.38. The summed E-state index contributed by atoms with van der Waals surface area (Å²) in [5.74, 6) is -0.771. The number of carbonyl (C=O) groups is 1. The van der Waals surface area contributed by atoms with Gasteiger partial charge < -0.3 is 9.67 Å². The van der Waals surface area contributed by atoms with Gasteiger partial charge in [0.1, 0.15) is 5.82 Å². The second-order valence-corrected chi connectivity index (χ2v) is 6.89. The number of hydrogen-bond donors (Lipinski definition) is 2. The van der Waals surface area contributed by atoms with Gasteiger partial charge in [0.15, 0.2) is 0 Å². The van der Waals surface area contributed by atoms with E-state index in [1.54, 1.807) is 12.4 Å². The number of rotatable bonds is 6. The number of nitrogens with one attached hydrogen (secondary N) is 1. The maximum Gasteiger partial charge on any atom is 0.307 e. The average molecular weight is 316 g/mol. The predicted octanol–water partition coefficient (Wildman–Crippen LogP) is -0.406. The SMILES string of the molecule is Cn1ccnc1CCNS(=O)(=O)N1CCCC(C(=O)O)C1. The number of piperidine rings is 1. The Kier molecular flexibility index (Phi) is 4.96. The number of carboxylic acids is 1. The zero-order chi connectivity index (χ0) is 15.5. The second kappa shape index (κ2) is 6.54. The standard InChI is InChI=1S/C12H20N4O4S/c1-15-8-6-13-11(15)4-5-14-21(19,20)16-7-2-3-10(9-16)12(17)18/h6,8,10,14H,2-5,7,9H2,1H3,(H,17,18). The fourth-order valence-corrected chi connectivity index (χ4v) is 3.67. The van der Waals surface area contributed by atoms with Crippen LogP contribution >= 0.6 is 0 Å². The first-order valence-electron chi connectivity index (χ1n) is 6.84. The van der Waals surface area contributed by atoms with Crippen LogP contribution in [-0.4, -0.2) is 53.0 Å². The van der Waals surface area contributed by atoms with Gasteiger partial charge in [-0.15, -0.1) is 0 Å². The number of hydrogen-bond acceptors (Lipinski definition) is 4. The van der Waals surface area contributed by atoms with Crippen LogP contribution < -0.4 is 4.72 Å². The van der Waals surface area contributed by atoms with E-state index in [0.717, 1.165) is 5.82 Å². The maximum atomic E-state index is 12.2. The molecule has 2 rings (SSSR count). The first-order chi connectivity index (χ1) is 9.90. The first-order valence-corrected chi connectivity index (χ1v) is 8.28. The van der Waals surface area contributed by atoms with E-state index in [2.05, 4.69) is 9.71 Å². The van der Waals surface area contributed by atoms with Crippen molar-refractivity contribution < 1.29 is 18.3 Å². The fraction of sp³-hybridized carbons (Fsp3) is 0.667. The molecule has 118 valence electrons. The Labute approximate surface area is 124 Å². The van der Waals surface area contributed by atoms with E-state index < -0.39 is 22.1 Å². The van der Waals surface area contributed by atoms with Gasteiger partial charge in [0, 0.05) is 45.5 Å². The Morgan fingerprint density at radius 3 is 2.95 bits per heavy atom. The molecule has 0 radical (unpaired) electrons. The topological polar surface area (TPSA) is 105 Å². The van der Waals surface area contributed by atoms with Crippen molar-refractivity contribution in [1.82, 2.24) is 18.6 Å². The summed E-state index contributed by atoms with van der Waals surface area (Å²) in [4.78, 5) is 15.1. The Balaban J connectivity index is 1.89. The van der Waals surface area contributed by atoms with Gasteiger partial charge in [-0.2, -0.15) is 12.7 Å². The summed E-state index contributed by atoms with van der Waals surface area (Å²) in [6.45, 7) is 0.635. The highest BCUT2D eigenvalue weighted by Gasteiger charge is 2.31. The van der Waals surface area contributed by atoms with E-state index in [0.29, 0.717) is 25.8 Å². The molecule has 0 aromatic carbocycles. The van der Waals surface area contributed by atoms with Crippen LogP contribution in [0.15, 0.2) is 12.4 Å². The van der Waals surface area contributed by atoms with E-state index in [1.807, 2.05) is 11.6 Å². The predicted molar refractivity (Wildman–Crippen MR) is 75.8 cm³/mol. The summed E-state index contributed by atoms with van der Waals surface area (Å²) in [7, 11) is -1.79. The maximum absolute atomic E-state index is 12.2. The lowest BCUT2D eigenvalue weighted by Crippen LogP contribution is -2.47. The molecule has 1 aromatic heterocycles. The van der Waals surface area contributed by atoms with Crippen molar-refractivity contribution in [2.45, 2.75) is 19.3 Å². The molecule has 0 aliphatic carbocycles. The molecular formula is C12H20N4O4S. The third-order valence-corrected chi connectivity index (χ3v) is 5.21. The lowest BCUT2D eigenvalue weighted by Gasteiger charge is -2.29. The van der Waals surface area contributed by atoms with Gasteiger partial charge >= 0.3 is 5.97 Å². The molecule has 1 aromatic rings. The van der Waals surface area contributed by atoms with Crippen molar-refractivity contribution >= 4 is 16.2 Å². The van der Waals surface area contributed by atoms with Crippen molar-refractivity contribution in [3.63, 3.8) is 0 Å². The van der Waals surface area contributed by atoms with Crippen LogP contribution in [0.4, 0.5) is 0 Å². The van der Waals surface area contributed by atoms with Crippen LogP contribution in [0, 0.1) is 5.92 Å². The third kappa shape index (κ3) is 4.02. The molecule has 21 heavy (non-hydrogen) atoms. The molecule has 8 nitrogen and oxygen atoms in total. The number of aliphatic carboxylic acids is 1. The average Bonchev–Trinajstić information content (AvgIpc) is 2.84. The summed E-state index contributed by atoms with van der Waals surface area (Å²) >= 11 is 0. The summed E-state index contributed by atoms with van der Waals surface area (Å²) in [6.07, 6.45) is 5.03. The molecule has 2 heterocycles. The molecule has 0 bridgehead atoms. The van der Waals surface area contributed by atoms with Crippen molar-refractivity contribution in [3.8, 4) is 0 Å². The van der Waals surface area contributed by atoms with Crippen LogP contribution in [0.2, 0.25) is 0 Å². The van der Waals surface area contributed by atoms with Crippen LogP contribution in [0.3, 0.4) is 0 Å². The molecule has 1 aliphatic heterocycles. The molecular weight excluding hydrogens is 296 g/mol. The number of nitrogens with zero attached hydrogens (tertiary/aromatic N) is 3. The molecule has 2 N–H and O–H groups in total. The molecule has 1 unspecified atom stereocenters. The quantitative estimate of drug-likeness (QED) is 0.742. The molecule has 1 fully saturated rings. The summed E-state index contributed by atoms with van der Waals surface area (Å²) in [5.41, 5.74) is 0. The van der Waals surface area contributed by atoms with E-state index >= 15 is 0 Å². The summed E-state index contributed by atoms with van der Waals surface area (Å²) in [6, 6.07) is 0. The van der Waals surface area contributed by atoms with Crippen molar-refractivity contribution in [3.05, 3.63) is 18.2 Å². The molecule has 1 saturated heterocycles. The smallest absolute Gasteiger partial charge is 0.307 e. The number of aromatic nitrogens is 2. The Morgan fingerprint density at radius 2 is 2.33 bits per heavy atom. The number of imidazole rings is 1. The lowest BCUT2D eigenvalue weighted by molar-refractivity contribution is -0.142. The van der Waals surface area contributed by atoms with Gasteiger partial charge in [-0.3, -0.25) is 4.79 Å². The minimum absolute atomic E-state index is 0.0348. The first kappa shape index (κ1) is 15.9. The minimum Gasteiger partial charge on any atom is -0.481 e. The van der Waals surface area contributed by atoms with Crippen molar-refractivity contribution in [1.29, 1.82) is 0 Å². The van der Waals surface area contributed by atoms with Crippen LogP contribution in [0.1, 0.15) is 18.7 Å². The largest absolute Gasteiger partial charge is 0.481 e. The van der Waals surface area contributed by atoms with Gasteiger partial charge in [-0.25, -0.2) is 9.71 Å². The van der Waals surface area contributed by atoms with E-state index in [4.69, 9.17) is 5.11 Å². The van der Waals surface area contributed by atoms with E-state index in [-0.39, 0.29) is 13.1 Å². The van der Waals surface area contributed by atoms with Gasteiger partial charge in [-0.05, 0) is 12.8 Å². The molecule has 0 spiro atoms. The van der Waals surface area contributed by atoms with Gasteiger partial charge in [-0.1, -0.05) is 0 Å². The lowest BCUT2D eigenvalue weighted by atomic mass is 10.0. The molecule has 1 aliphatic rings.